The van der Waals surface area contributed by atoms with Gasteiger partial charge in [-0.1, -0.05) is 38.0 Å². The summed E-state index contributed by atoms with van der Waals surface area (Å²) in [6.07, 6.45) is -6.90. The van der Waals surface area contributed by atoms with Gasteiger partial charge in [0.1, 0.15) is 52.7 Å². The fourth-order valence-corrected chi connectivity index (χ4v) is 5.54. The Hall–Kier alpha value is -5.03. The van der Waals surface area contributed by atoms with Crippen molar-refractivity contribution in [2.75, 3.05) is 0 Å². The zero-order chi connectivity index (χ0) is 36.5. The molecule has 0 aliphatic rings. The van der Waals surface area contributed by atoms with E-state index >= 15 is 61.5 Å². The molecule has 0 aliphatic carbocycles. The van der Waals surface area contributed by atoms with Crippen molar-refractivity contribution in [3.05, 3.63) is 135 Å². The standard InChI is InChI=1S/C30H9BF17/c1-4-7-14(32)20(38)10(21(39)15(7)33)31(13-26(44)28(46)30(48)29(47)27(13)45,11-22(40)16(34)8(5-2)17(35)23(11)41)12-24(42)18(36)9(6-3)19(37)25(12)43/h4-6H,1-3H2/q-1. The van der Waals surface area contributed by atoms with Crippen molar-refractivity contribution in [3.8, 4) is 0 Å². The zero-order valence-corrected chi connectivity index (χ0v) is 22.9. The molecule has 0 nitrogen and oxygen atoms in total. The van der Waals surface area contributed by atoms with Crippen molar-refractivity contribution in [2.45, 2.75) is 0 Å². The summed E-state index contributed by atoms with van der Waals surface area (Å²) in [5.74, 6) is -53.3. The topological polar surface area (TPSA) is 0 Å². The number of hydrogen-bond donors (Lipinski definition) is 0. The van der Waals surface area contributed by atoms with Gasteiger partial charge in [0.15, 0.2) is 52.4 Å². The van der Waals surface area contributed by atoms with E-state index in [-0.39, 0.29) is 18.2 Å². The Bertz CT molecular complexity index is 1820. The molecule has 0 fully saturated rings. The van der Waals surface area contributed by atoms with Crippen LogP contribution < -0.4 is 21.9 Å². The molecule has 0 spiro atoms. The third-order valence-electron chi connectivity index (χ3n) is 7.58. The lowest BCUT2D eigenvalue weighted by molar-refractivity contribution is 0.383. The molecular formula is C30H9BF17-. The second-order valence-electron chi connectivity index (χ2n) is 9.71. The third-order valence-corrected chi connectivity index (χ3v) is 7.58. The highest BCUT2D eigenvalue weighted by atomic mass is 19.2. The molecule has 252 valence electrons. The summed E-state index contributed by atoms with van der Waals surface area (Å²) in [6, 6.07) is 0. The maximum atomic E-state index is 16.0. The molecule has 0 radical (unpaired) electrons. The highest BCUT2D eigenvalue weighted by Gasteiger charge is 2.51. The van der Waals surface area contributed by atoms with Crippen molar-refractivity contribution in [3.63, 3.8) is 0 Å². The normalized spacial score (nSPS) is 11.7. The molecule has 0 bridgehead atoms. The molecule has 18 heteroatoms. The molecular weight excluding hydrogens is 694 g/mol. The Morgan fingerprint density at radius 3 is 0.562 bits per heavy atom. The summed E-state index contributed by atoms with van der Waals surface area (Å²) >= 11 is 0. The first-order valence-electron chi connectivity index (χ1n) is 12.5. The summed E-state index contributed by atoms with van der Waals surface area (Å²) in [4.78, 5) is 0. The first-order valence-corrected chi connectivity index (χ1v) is 12.5. The minimum Gasteiger partial charge on any atom is -0.207 e. The highest BCUT2D eigenvalue weighted by Crippen LogP contribution is 2.32. The fourth-order valence-electron chi connectivity index (χ4n) is 5.54. The molecule has 4 rings (SSSR count). The van der Waals surface area contributed by atoms with Gasteiger partial charge in [0.05, 0.1) is 16.7 Å². The Labute approximate surface area is 256 Å². The van der Waals surface area contributed by atoms with Crippen LogP contribution in [-0.2, 0) is 0 Å². The van der Waals surface area contributed by atoms with Gasteiger partial charge in [-0.2, -0.15) is 0 Å². The van der Waals surface area contributed by atoms with Gasteiger partial charge in [-0.25, -0.2) is 74.6 Å². The van der Waals surface area contributed by atoms with Crippen LogP contribution in [0.4, 0.5) is 74.6 Å². The summed E-state index contributed by atoms with van der Waals surface area (Å²) in [6.45, 7) is 8.33. The molecule has 0 saturated carbocycles. The maximum Gasteiger partial charge on any atom is 0.200 e. The third kappa shape index (κ3) is 4.47. The maximum absolute atomic E-state index is 16.0. The van der Waals surface area contributed by atoms with Crippen LogP contribution in [-0.4, -0.2) is 6.15 Å². The van der Waals surface area contributed by atoms with E-state index in [1.165, 1.54) is 0 Å². The average Bonchev–Trinajstić information content (AvgIpc) is 3.04. The predicted octanol–water partition coefficient (Wildman–Crippen LogP) is 7.36. The zero-order valence-electron chi connectivity index (χ0n) is 22.9. The fraction of sp³-hybridized carbons (Fsp3) is 0. The van der Waals surface area contributed by atoms with Gasteiger partial charge in [0.2, 0.25) is 0 Å². The molecule has 0 saturated heterocycles. The van der Waals surface area contributed by atoms with E-state index in [1.807, 2.05) is 0 Å². The lowest BCUT2D eigenvalue weighted by atomic mass is 9.12. The largest absolute Gasteiger partial charge is 0.207 e. The molecule has 0 aromatic heterocycles. The Kier molecular flexibility index (Phi) is 9.11. The van der Waals surface area contributed by atoms with Gasteiger partial charge in [-0.3, -0.25) is 0 Å². The quantitative estimate of drug-likeness (QED) is 0.0818. The molecule has 4 aromatic rings. The second-order valence-corrected chi connectivity index (χ2v) is 9.71. The van der Waals surface area contributed by atoms with Crippen molar-refractivity contribution < 1.29 is 74.6 Å². The van der Waals surface area contributed by atoms with Gasteiger partial charge in [0, 0.05) is 0 Å². The van der Waals surface area contributed by atoms with Crippen LogP contribution in [0.25, 0.3) is 18.2 Å². The average molecular weight is 703 g/mol. The Morgan fingerprint density at radius 2 is 0.396 bits per heavy atom. The van der Waals surface area contributed by atoms with E-state index in [4.69, 9.17) is 0 Å². The van der Waals surface area contributed by atoms with Crippen LogP contribution in [0.3, 0.4) is 0 Å². The number of benzene rings is 4. The lowest BCUT2D eigenvalue weighted by Crippen LogP contribution is -2.81. The molecule has 48 heavy (non-hydrogen) atoms. The molecule has 0 atom stereocenters. The van der Waals surface area contributed by atoms with Crippen molar-refractivity contribution in [1.29, 1.82) is 0 Å². The van der Waals surface area contributed by atoms with Crippen LogP contribution in [0.1, 0.15) is 16.7 Å². The van der Waals surface area contributed by atoms with Crippen LogP contribution in [0.5, 0.6) is 0 Å². The molecule has 0 heterocycles. The summed E-state index contributed by atoms with van der Waals surface area (Å²) < 4.78 is 262. The van der Waals surface area contributed by atoms with Gasteiger partial charge in [0.25, 0.3) is 0 Å². The minimum absolute atomic E-state index is 0.0214. The SMILES string of the molecule is C=Cc1c(F)c(F)c([B-](c2c(F)c(F)c(F)c(F)c2F)(c2c(F)c(F)c(C=C)c(F)c2F)c2c(F)c(F)c(C=C)c(F)c2F)c(F)c1F. The first-order chi connectivity index (χ1) is 22.3. The van der Waals surface area contributed by atoms with Crippen LogP contribution in [0, 0.1) is 98.9 Å². The number of halogens is 17. The highest BCUT2D eigenvalue weighted by molar-refractivity contribution is 7.20. The van der Waals surface area contributed by atoms with E-state index in [1.54, 1.807) is 0 Å². The van der Waals surface area contributed by atoms with E-state index < -0.39 is 144 Å². The smallest absolute Gasteiger partial charge is 0.200 e. The van der Waals surface area contributed by atoms with Gasteiger partial charge in [-0.05, 0) is 0 Å². The first kappa shape index (κ1) is 35.8. The van der Waals surface area contributed by atoms with Crippen molar-refractivity contribution in [2.24, 2.45) is 0 Å². The predicted molar refractivity (Wildman–Crippen MR) is 140 cm³/mol. The summed E-state index contributed by atoms with van der Waals surface area (Å²) in [5, 5.41) is 0. The summed E-state index contributed by atoms with van der Waals surface area (Å²) in [7, 11) is 0. The molecule has 4 aromatic carbocycles. The van der Waals surface area contributed by atoms with Crippen LogP contribution in [0.2, 0.25) is 0 Å². The van der Waals surface area contributed by atoms with E-state index in [9.17, 15) is 13.2 Å². The monoisotopic (exact) mass is 703 g/mol. The van der Waals surface area contributed by atoms with Crippen molar-refractivity contribution in [1.82, 2.24) is 0 Å². The molecule has 0 N–H and O–H groups in total. The molecule has 0 unspecified atom stereocenters. The van der Waals surface area contributed by atoms with Crippen LogP contribution in [0.15, 0.2) is 19.7 Å². The van der Waals surface area contributed by atoms with Crippen LogP contribution >= 0.6 is 0 Å². The lowest BCUT2D eigenvalue weighted by Gasteiger charge is -2.45. The molecule has 0 amide bonds. The van der Waals surface area contributed by atoms with E-state index in [0.717, 1.165) is 0 Å². The van der Waals surface area contributed by atoms with Gasteiger partial charge >= 0.3 is 0 Å². The Morgan fingerprint density at radius 1 is 0.250 bits per heavy atom. The minimum atomic E-state index is -6.84. The van der Waals surface area contributed by atoms with Crippen molar-refractivity contribution >= 4 is 46.2 Å². The van der Waals surface area contributed by atoms with E-state index in [0.29, 0.717) is 0 Å². The number of rotatable bonds is 7. The summed E-state index contributed by atoms with van der Waals surface area (Å²) in [5.41, 5.74) is -18.5. The van der Waals surface area contributed by atoms with E-state index in [2.05, 4.69) is 19.7 Å². The molecule has 0 aliphatic heterocycles. The Balaban J connectivity index is 2.72. The van der Waals surface area contributed by atoms with Gasteiger partial charge < -0.3 is 0 Å². The van der Waals surface area contributed by atoms with Gasteiger partial charge in [-0.15, -0.1) is 21.9 Å². The number of hydrogen-bond acceptors (Lipinski definition) is 0. The second kappa shape index (κ2) is 12.2.